The lowest BCUT2D eigenvalue weighted by Gasteiger charge is -2.26. The van der Waals surface area contributed by atoms with Crippen LogP contribution in [0, 0.1) is 0 Å². The van der Waals surface area contributed by atoms with Gasteiger partial charge in [-0.15, -0.1) is 0 Å². The maximum atomic E-state index is 12.6. The van der Waals surface area contributed by atoms with E-state index in [1.165, 1.54) is 0 Å². The molecule has 134 valence electrons. The Morgan fingerprint density at radius 1 is 0.833 bits per heavy atom. The third kappa shape index (κ3) is 5.66. The van der Waals surface area contributed by atoms with Crippen LogP contribution in [0.15, 0.2) is 30.3 Å². The Hall–Kier alpha value is -1.84. The van der Waals surface area contributed by atoms with Crippen LogP contribution in [0.2, 0.25) is 0 Å². The van der Waals surface area contributed by atoms with E-state index < -0.39 is 17.4 Å². The summed E-state index contributed by atoms with van der Waals surface area (Å²) in [4.78, 5) is 25.3. The van der Waals surface area contributed by atoms with Gasteiger partial charge in [0.05, 0.1) is 13.2 Å². The zero-order valence-electron chi connectivity index (χ0n) is 15.2. The average Bonchev–Trinajstić information content (AvgIpc) is 2.62. The van der Waals surface area contributed by atoms with Crippen LogP contribution in [0.25, 0.3) is 0 Å². The van der Waals surface area contributed by atoms with Gasteiger partial charge in [-0.2, -0.15) is 0 Å². The highest BCUT2D eigenvalue weighted by molar-refractivity contribution is 6.05. The molecule has 0 saturated heterocycles. The number of rotatable bonds is 11. The van der Waals surface area contributed by atoms with E-state index in [0.29, 0.717) is 18.8 Å². The first-order valence-electron chi connectivity index (χ1n) is 8.97. The maximum Gasteiger partial charge on any atom is 0.327 e. The van der Waals surface area contributed by atoms with Crippen molar-refractivity contribution in [2.24, 2.45) is 0 Å². The van der Waals surface area contributed by atoms with Crippen LogP contribution in [0.4, 0.5) is 0 Å². The predicted molar refractivity (Wildman–Crippen MR) is 94.8 cm³/mol. The van der Waals surface area contributed by atoms with E-state index in [9.17, 15) is 9.59 Å². The molecule has 0 saturated carbocycles. The Kier molecular flexibility index (Phi) is 9.13. The van der Waals surface area contributed by atoms with Crippen molar-refractivity contribution in [1.29, 1.82) is 0 Å². The van der Waals surface area contributed by atoms with Gasteiger partial charge in [0, 0.05) is 0 Å². The molecule has 0 aliphatic carbocycles. The van der Waals surface area contributed by atoms with Crippen molar-refractivity contribution in [3.63, 3.8) is 0 Å². The molecule has 0 aromatic heterocycles. The fourth-order valence-corrected chi connectivity index (χ4v) is 2.41. The molecule has 0 amide bonds. The fraction of sp³-hybridized carbons (Fsp3) is 0.600. The van der Waals surface area contributed by atoms with Crippen LogP contribution in [0.5, 0.6) is 0 Å². The number of esters is 2. The van der Waals surface area contributed by atoms with Gasteiger partial charge in [-0.25, -0.2) is 0 Å². The molecule has 24 heavy (non-hydrogen) atoms. The van der Waals surface area contributed by atoms with Crippen LogP contribution in [-0.2, 0) is 24.5 Å². The van der Waals surface area contributed by atoms with Crippen molar-refractivity contribution in [1.82, 2.24) is 0 Å². The van der Waals surface area contributed by atoms with E-state index in [1.807, 2.05) is 18.2 Å². The third-order valence-corrected chi connectivity index (χ3v) is 4.13. The van der Waals surface area contributed by atoms with Gasteiger partial charge in [-0.05, 0) is 25.3 Å². The topological polar surface area (TPSA) is 52.6 Å². The lowest BCUT2D eigenvalue weighted by atomic mass is 9.82. The van der Waals surface area contributed by atoms with Crippen LogP contribution in [-0.4, -0.2) is 25.2 Å². The van der Waals surface area contributed by atoms with Gasteiger partial charge in [0.1, 0.15) is 0 Å². The third-order valence-electron chi connectivity index (χ3n) is 4.13. The normalized spacial score (nSPS) is 11.1. The standard InChI is InChI=1S/C20H30O4/c1-4-6-11-15-23-18(21)20(3,17-13-9-8-10-14-17)19(22)24-16-12-7-5-2/h8-10,13-14H,4-7,11-12,15-16H2,1-3H3. The van der Waals surface area contributed by atoms with Gasteiger partial charge in [0.2, 0.25) is 0 Å². The molecule has 1 rings (SSSR count). The van der Waals surface area contributed by atoms with E-state index in [0.717, 1.165) is 38.5 Å². The first kappa shape index (κ1) is 20.2. The van der Waals surface area contributed by atoms with Crippen LogP contribution in [0.3, 0.4) is 0 Å². The molecule has 1 aromatic carbocycles. The summed E-state index contributed by atoms with van der Waals surface area (Å²) in [6, 6.07) is 8.99. The first-order valence-corrected chi connectivity index (χ1v) is 8.97. The molecule has 0 spiro atoms. The largest absolute Gasteiger partial charge is 0.465 e. The number of hydrogen-bond acceptors (Lipinski definition) is 4. The van der Waals surface area contributed by atoms with E-state index >= 15 is 0 Å². The number of carbonyl (C=O) groups is 2. The van der Waals surface area contributed by atoms with Gasteiger partial charge in [0.15, 0.2) is 5.41 Å². The molecule has 4 nitrogen and oxygen atoms in total. The smallest absolute Gasteiger partial charge is 0.327 e. The minimum Gasteiger partial charge on any atom is -0.465 e. The predicted octanol–water partition coefficient (Wildman–Crippen LogP) is 4.41. The number of benzene rings is 1. The van der Waals surface area contributed by atoms with Crippen molar-refractivity contribution in [2.45, 2.75) is 64.7 Å². The second-order valence-electron chi connectivity index (χ2n) is 6.18. The molecule has 0 N–H and O–H groups in total. The lowest BCUT2D eigenvalue weighted by molar-refractivity contribution is -0.164. The van der Waals surface area contributed by atoms with Gasteiger partial charge >= 0.3 is 11.9 Å². The number of hydrogen-bond donors (Lipinski definition) is 0. The van der Waals surface area contributed by atoms with Crippen molar-refractivity contribution < 1.29 is 19.1 Å². The second kappa shape index (κ2) is 10.8. The molecular formula is C20H30O4. The van der Waals surface area contributed by atoms with Crippen molar-refractivity contribution in [3.8, 4) is 0 Å². The fourth-order valence-electron chi connectivity index (χ4n) is 2.41. The zero-order chi connectivity index (χ0) is 17.8. The zero-order valence-corrected chi connectivity index (χ0v) is 15.2. The van der Waals surface area contributed by atoms with Gasteiger partial charge in [0.25, 0.3) is 0 Å². The lowest BCUT2D eigenvalue weighted by Crippen LogP contribution is -2.43. The highest BCUT2D eigenvalue weighted by atomic mass is 16.6. The summed E-state index contributed by atoms with van der Waals surface area (Å²) in [6.07, 6.45) is 5.70. The van der Waals surface area contributed by atoms with Gasteiger partial charge in [-0.3, -0.25) is 9.59 Å². The molecule has 0 aliphatic rings. The monoisotopic (exact) mass is 334 g/mol. The Balaban J connectivity index is 2.83. The Bertz CT molecular complexity index is 472. The van der Waals surface area contributed by atoms with Crippen molar-refractivity contribution in [3.05, 3.63) is 35.9 Å². The summed E-state index contributed by atoms with van der Waals surface area (Å²) in [5, 5.41) is 0. The minimum atomic E-state index is -1.42. The summed E-state index contributed by atoms with van der Waals surface area (Å²) in [6.45, 7) is 6.43. The van der Waals surface area contributed by atoms with Crippen molar-refractivity contribution >= 4 is 11.9 Å². The summed E-state index contributed by atoms with van der Waals surface area (Å²) in [5.41, 5.74) is -0.814. The molecule has 0 aliphatic heterocycles. The SMILES string of the molecule is CCCCCOC(=O)C(C)(C(=O)OCCCCC)c1ccccc1. The highest BCUT2D eigenvalue weighted by Crippen LogP contribution is 2.27. The van der Waals surface area contributed by atoms with Crippen LogP contribution < -0.4 is 0 Å². The van der Waals surface area contributed by atoms with E-state index in [-0.39, 0.29) is 0 Å². The second-order valence-corrected chi connectivity index (χ2v) is 6.18. The van der Waals surface area contributed by atoms with Crippen molar-refractivity contribution in [2.75, 3.05) is 13.2 Å². The van der Waals surface area contributed by atoms with Gasteiger partial charge < -0.3 is 9.47 Å². The molecular weight excluding hydrogens is 304 g/mol. The molecule has 4 heteroatoms. The molecule has 0 unspecified atom stereocenters. The minimum absolute atomic E-state index is 0.332. The maximum absolute atomic E-state index is 12.6. The molecule has 0 radical (unpaired) electrons. The highest BCUT2D eigenvalue weighted by Gasteiger charge is 2.46. The van der Waals surface area contributed by atoms with E-state index in [2.05, 4.69) is 13.8 Å². The summed E-state index contributed by atoms with van der Waals surface area (Å²) in [7, 11) is 0. The Morgan fingerprint density at radius 3 is 1.71 bits per heavy atom. The van der Waals surface area contributed by atoms with E-state index in [1.54, 1.807) is 19.1 Å². The Labute approximate surface area is 145 Å². The molecule has 0 atom stereocenters. The first-order chi connectivity index (χ1) is 11.6. The summed E-state index contributed by atoms with van der Waals surface area (Å²) in [5.74, 6) is -1.07. The Morgan fingerprint density at radius 2 is 1.29 bits per heavy atom. The molecule has 0 fully saturated rings. The van der Waals surface area contributed by atoms with Crippen LogP contribution >= 0.6 is 0 Å². The van der Waals surface area contributed by atoms with Gasteiger partial charge in [-0.1, -0.05) is 69.9 Å². The number of carbonyl (C=O) groups excluding carboxylic acids is 2. The van der Waals surface area contributed by atoms with E-state index in [4.69, 9.17) is 9.47 Å². The van der Waals surface area contributed by atoms with Crippen LogP contribution in [0.1, 0.15) is 64.9 Å². The number of unbranched alkanes of at least 4 members (excludes halogenated alkanes) is 4. The average molecular weight is 334 g/mol. The quantitative estimate of drug-likeness (QED) is 0.342. The summed E-state index contributed by atoms with van der Waals surface area (Å²) >= 11 is 0. The number of ether oxygens (including phenoxy) is 2. The molecule has 0 bridgehead atoms. The molecule has 0 heterocycles. The molecule has 1 aromatic rings. The summed E-state index contributed by atoms with van der Waals surface area (Å²) < 4.78 is 10.7.